The van der Waals surface area contributed by atoms with Gasteiger partial charge < -0.3 is 0 Å². The maximum absolute atomic E-state index is 5.35. The Morgan fingerprint density at radius 3 is 1.41 bits per heavy atom. The van der Waals surface area contributed by atoms with E-state index in [4.69, 9.17) is 4.98 Å². The largest absolute Gasteiger partial charge is 0.235 e. The molecule has 0 amide bonds. The number of hydrogen-bond donors (Lipinski definition) is 0. The maximum Gasteiger partial charge on any atom is 0.124 e. The van der Waals surface area contributed by atoms with Crippen LogP contribution in [0.15, 0.2) is 91.0 Å². The monoisotopic (exact) mass is 533 g/mol. The third-order valence-corrected chi connectivity index (χ3v) is 10.5. The van der Waals surface area contributed by atoms with Gasteiger partial charge in [0.05, 0.1) is 10.6 Å². The van der Waals surface area contributed by atoms with Crippen molar-refractivity contribution in [1.29, 1.82) is 0 Å². The SMILES string of the molecule is Cc1sc(-c2ccccc2)c(C)c1-c1nc(-c2ccccc2)sc1-c1c(C)sc(-c2ccccc2)c1C. The lowest BCUT2D eigenvalue weighted by atomic mass is 9.98. The summed E-state index contributed by atoms with van der Waals surface area (Å²) in [7, 11) is 0. The number of aryl methyl sites for hydroxylation is 2. The molecule has 0 aliphatic rings. The molecule has 3 aromatic carbocycles. The van der Waals surface area contributed by atoms with Crippen LogP contribution in [-0.2, 0) is 0 Å². The molecule has 0 spiro atoms. The molecule has 0 N–H and O–H groups in total. The molecule has 3 aromatic heterocycles. The van der Waals surface area contributed by atoms with Gasteiger partial charge in [0.25, 0.3) is 0 Å². The van der Waals surface area contributed by atoms with Gasteiger partial charge in [-0.05, 0) is 49.9 Å². The Bertz CT molecular complexity index is 1580. The van der Waals surface area contributed by atoms with Crippen LogP contribution in [0.1, 0.15) is 20.9 Å². The first-order valence-electron chi connectivity index (χ1n) is 12.4. The number of rotatable bonds is 5. The number of nitrogens with zero attached hydrogens (tertiary/aromatic N) is 1. The summed E-state index contributed by atoms with van der Waals surface area (Å²) in [6.07, 6.45) is 0. The summed E-state index contributed by atoms with van der Waals surface area (Å²) in [5.74, 6) is 0. The van der Waals surface area contributed by atoms with E-state index < -0.39 is 0 Å². The summed E-state index contributed by atoms with van der Waals surface area (Å²) >= 11 is 5.59. The normalized spacial score (nSPS) is 11.2. The zero-order valence-corrected chi connectivity index (χ0v) is 23.8. The lowest BCUT2D eigenvalue weighted by molar-refractivity contribution is 1.36. The standard InChI is InChI=1S/C33H27NS3/c1-20-27(22(3)35-30(20)24-14-8-5-9-15-24)29-32(37-33(34-29)26-18-12-7-13-19-26)28-21(2)31(36-23(28)4)25-16-10-6-11-17-25/h5-19H,1-4H3. The third-order valence-electron chi connectivity index (χ3n) is 6.83. The van der Waals surface area contributed by atoms with Crippen molar-refractivity contribution in [1.82, 2.24) is 4.98 Å². The van der Waals surface area contributed by atoms with Gasteiger partial charge in [-0.2, -0.15) is 0 Å². The highest BCUT2D eigenvalue weighted by Gasteiger charge is 2.26. The number of aromatic nitrogens is 1. The molecule has 0 radical (unpaired) electrons. The molecule has 37 heavy (non-hydrogen) atoms. The van der Waals surface area contributed by atoms with Crippen LogP contribution in [0.4, 0.5) is 0 Å². The molecule has 0 bridgehead atoms. The number of thiazole rings is 1. The Morgan fingerprint density at radius 2 is 0.892 bits per heavy atom. The first-order chi connectivity index (χ1) is 18.0. The minimum Gasteiger partial charge on any atom is -0.235 e. The molecule has 0 aliphatic heterocycles. The highest BCUT2D eigenvalue weighted by atomic mass is 32.1. The van der Waals surface area contributed by atoms with Gasteiger partial charge in [0.1, 0.15) is 5.01 Å². The summed E-state index contributed by atoms with van der Waals surface area (Å²) < 4.78 is 0. The van der Waals surface area contributed by atoms with Crippen molar-refractivity contribution in [3.63, 3.8) is 0 Å². The molecular formula is C33H27NS3. The van der Waals surface area contributed by atoms with Crippen LogP contribution in [0.3, 0.4) is 0 Å². The Morgan fingerprint density at radius 1 is 0.459 bits per heavy atom. The van der Waals surface area contributed by atoms with Crippen LogP contribution >= 0.6 is 34.0 Å². The highest BCUT2D eigenvalue weighted by molar-refractivity contribution is 7.20. The summed E-state index contributed by atoms with van der Waals surface area (Å²) in [5, 5.41) is 1.07. The second-order valence-corrected chi connectivity index (χ2v) is 12.7. The first-order valence-corrected chi connectivity index (χ1v) is 14.9. The molecule has 0 saturated heterocycles. The van der Waals surface area contributed by atoms with E-state index >= 15 is 0 Å². The Labute approximate surface area is 230 Å². The predicted octanol–water partition coefficient (Wildman–Crippen LogP) is 10.8. The Hall–Kier alpha value is -3.31. The molecule has 0 unspecified atom stereocenters. The molecule has 0 atom stereocenters. The molecule has 6 aromatic rings. The van der Waals surface area contributed by atoms with Crippen molar-refractivity contribution in [2.24, 2.45) is 0 Å². The van der Waals surface area contributed by atoms with Gasteiger partial charge in [-0.25, -0.2) is 4.98 Å². The molecule has 6 rings (SSSR count). The van der Waals surface area contributed by atoms with Gasteiger partial charge in [-0.15, -0.1) is 34.0 Å². The fourth-order valence-electron chi connectivity index (χ4n) is 5.08. The van der Waals surface area contributed by atoms with Gasteiger partial charge >= 0.3 is 0 Å². The van der Waals surface area contributed by atoms with Crippen molar-refractivity contribution >= 4 is 34.0 Å². The predicted molar refractivity (Wildman–Crippen MR) is 164 cm³/mol. The average Bonchev–Trinajstić information content (AvgIpc) is 3.57. The minimum atomic E-state index is 1.07. The average molecular weight is 534 g/mol. The van der Waals surface area contributed by atoms with Gasteiger partial charge in [-0.3, -0.25) is 0 Å². The zero-order chi connectivity index (χ0) is 25.5. The number of thiophene rings is 2. The van der Waals surface area contributed by atoms with Gasteiger partial charge in [-0.1, -0.05) is 91.0 Å². The van der Waals surface area contributed by atoms with Crippen molar-refractivity contribution < 1.29 is 0 Å². The molecule has 182 valence electrons. The summed E-state index contributed by atoms with van der Waals surface area (Å²) in [6.45, 7) is 9.03. The Kier molecular flexibility index (Phi) is 6.41. The highest BCUT2D eigenvalue weighted by Crippen LogP contribution is 2.51. The van der Waals surface area contributed by atoms with E-state index in [9.17, 15) is 0 Å². The lowest BCUT2D eigenvalue weighted by Crippen LogP contribution is -1.88. The molecule has 0 fully saturated rings. The van der Waals surface area contributed by atoms with Crippen molar-refractivity contribution in [2.75, 3.05) is 0 Å². The molecule has 4 heteroatoms. The van der Waals surface area contributed by atoms with E-state index in [2.05, 4.69) is 119 Å². The first kappa shape index (κ1) is 24.1. The van der Waals surface area contributed by atoms with Gasteiger partial charge in [0, 0.05) is 36.2 Å². The van der Waals surface area contributed by atoms with Crippen LogP contribution in [0, 0.1) is 27.7 Å². The summed E-state index contributed by atoms with van der Waals surface area (Å²) in [5.41, 5.74) is 10.1. The van der Waals surface area contributed by atoms with Crippen molar-refractivity contribution in [3.05, 3.63) is 112 Å². The van der Waals surface area contributed by atoms with E-state index in [-0.39, 0.29) is 0 Å². The lowest BCUT2D eigenvalue weighted by Gasteiger charge is -2.07. The van der Waals surface area contributed by atoms with E-state index in [0.29, 0.717) is 0 Å². The molecule has 0 saturated carbocycles. The fraction of sp³-hybridized carbons (Fsp3) is 0.121. The third kappa shape index (κ3) is 4.29. The van der Waals surface area contributed by atoms with Crippen molar-refractivity contribution in [2.45, 2.75) is 27.7 Å². The molecular weight excluding hydrogens is 507 g/mol. The number of hydrogen-bond acceptors (Lipinski definition) is 4. The minimum absolute atomic E-state index is 1.07. The molecule has 0 aliphatic carbocycles. The van der Waals surface area contributed by atoms with Crippen LogP contribution in [-0.4, -0.2) is 4.98 Å². The number of benzene rings is 3. The second-order valence-electron chi connectivity index (χ2n) is 9.27. The topological polar surface area (TPSA) is 12.9 Å². The molecule has 1 nitrogen and oxygen atoms in total. The van der Waals surface area contributed by atoms with Crippen LogP contribution < -0.4 is 0 Å². The van der Waals surface area contributed by atoms with Gasteiger partial charge in [0.2, 0.25) is 0 Å². The van der Waals surface area contributed by atoms with E-state index in [0.717, 1.165) is 10.7 Å². The van der Waals surface area contributed by atoms with Crippen LogP contribution in [0.2, 0.25) is 0 Å². The summed E-state index contributed by atoms with van der Waals surface area (Å²) in [6, 6.07) is 32.1. The van der Waals surface area contributed by atoms with E-state index in [1.807, 2.05) is 34.0 Å². The zero-order valence-electron chi connectivity index (χ0n) is 21.3. The van der Waals surface area contributed by atoms with E-state index in [1.54, 1.807) is 0 Å². The quantitative estimate of drug-likeness (QED) is 0.215. The van der Waals surface area contributed by atoms with Crippen molar-refractivity contribution in [3.8, 4) is 53.2 Å². The maximum atomic E-state index is 5.35. The molecule has 3 heterocycles. The Balaban J connectivity index is 1.60. The van der Waals surface area contributed by atoms with Crippen LogP contribution in [0.25, 0.3) is 53.2 Å². The van der Waals surface area contributed by atoms with Crippen LogP contribution in [0.5, 0.6) is 0 Å². The smallest absolute Gasteiger partial charge is 0.124 e. The van der Waals surface area contributed by atoms with Gasteiger partial charge in [0.15, 0.2) is 0 Å². The van der Waals surface area contributed by atoms with E-state index in [1.165, 1.54) is 63.3 Å². The second kappa shape index (κ2) is 9.86. The summed E-state index contributed by atoms with van der Waals surface area (Å²) in [4.78, 5) is 12.0. The fourth-order valence-corrected chi connectivity index (χ4v) is 8.73.